The van der Waals surface area contributed by atoms with Gasteiger partial charge in [-0.2, -0.15) is 0 Å². The van der Waals surface area contributed by atoms with Gasteiger partial charge in [0.1, 0.15) is 0 Å². The molecule has 3 heteroatoms. The van der Waals surface area contributed by atoms with Gasteiger partial charge in [0.2, 0.25) is 5.91 Å². The number of carbonyl (C=O) groups excluding carboxylic acids is 1. The number of nitrogens with zero attached hydrogens (tertiary/aromatic N) is 1. The first kappa shape index (κ1) is 15.7. The van der Waals surface area contributed by atoms with Crippen LogP contribution in [0.5, 0.6) is 0 Å². The Bertz CT molecular complexity index is 351. The molecule has 3 nitrogen and oxygen atoms in total. The van der Waals surface area contributed by atoms with E-state index in [0.29, 0.717) is 26.1 Å². The molecule has 2 N–H and O–H groups in total. The highest BCUT2D eigenvalue weighted by atomic mass is 16.2. The number of rotatable bonds is 9. The molecule has 0 aromatic heterocycles. The van der Waals surface area contributed by atoms with Gasteiger partial charge in [0.05, 0.1) is 0 Å². The largest absolute Gasteiger partial charge is 0.337 e. The van der Waals surface area contributed by atoms with Gasteiger partial charge < -0.3 is 10.6 Å². The number of hydrogen-bond donors (Lipinski definition) is 1. The molecule has 0 unspecified atom stereocenters. The normalized spacial score (nSPS) is 10.4. The Hall–Kier alpha value is -1.35. The standard InChI is InChI=1S/C16H26N2O/c1-2-3-4-8-11-16(19)18(13-12-17)14-15-9-6-5-7-10-15/h5-7,9-10H,2-4,8,11-14,17H2,1H3. The quantitative estimate of drug-likeness (QED) is 0.695. The van der Waals surface area contributed by atoms with E-state index in [1.54, 1.807) is 0 Å². The third-order valence-corrected chi connectivity index (χ3v) is 3.21. The van der Waals surface area contributed by atoms with Crippen molar-refractivity contribution in [1.82, 2.24) is 4.90 Å². The van der Waals surface area contributed by atoms with Gasteiger partial charge in [-0.3, -0.25) is 4.79 Å². The van der Waals surface area contributed by atoms with Crippen LogP contribution in [0.4, 0.5) is 0 Å². The van der Waals surface area contributed by atoms with Crippen molar-refractivity contribution >= 4 is 5.91 Å². The van der Waals surface area contributed by atoms with Crippen LogP contribution in [0.15, 0.2) is 30.3 Å². The number of unbranched alkanes of at least 4 members (excludes halogenated alkanes) is 3. The molecule has 1 amide bonds. The van der Waals surface area contributed by atoms with Gasteiger partial charge in [0.15, 0.2) is 0 Å². The Kier molecular flexibility index (Phi) is 7.91. The lowest BCUT2D eigenvalue weighted by Gasteiger charge is -2.22. The van der Waals surface area contributed by atoms with Crippen LogP contribution >= 0.6 is 0 Å². The highest BCUT2D eigenvalue weighted by Gasteiger charge is 2.12. The molecule has 106 valence electrons. The molecule has 0 saturated carbocycles. The lowest BCUT2D eigenvalue weighted by molar-refractivity contribution is -0.131. The van der Waals surface area contributed by atoms with Crippen LogP contribution in [0.3, 0.4) is 0 Å². The smallest absolute Gasteiger partial charge is 0.222 e. The number of amides is 1. The van der Waals surface area contributed by atoms with E-state index < -0.39 is 0 Å². The summed E-state index contributed by atoms with van der Waals surface area (Å²) in [6.07, 6.45) is 5.19. The summed E-state index contributed by atoms with van der Waals surface area (Å²) in [6.45, 7) is 4.01. The second-order valence-corrected chi connectivity index (χ2v) is 4.90. The summed E-state index contributed by atoms with van der Waals surface area (Å²) < 4.78 is 0. The molecule has 0 atom stereocenters. The summed E-state index contributed by atoms with van der Waals surface area (Å²) in [7, 11) is 0. The Morgan fingerprint density at radius 3 is 2.53 bits per heavy atom. The van der Waals surface area contributed by atoms with Crippen LogP contribution in [-0.4, -0.2) is 23.9 Å². The maximum Gasteiger partial charge on any atom is 0.222 e. The van der Waals surface area contributed by atoms with Crippen molar-refractivity contribution in [3.63, 3.8) is 0 Å². The molecule has 0 bridgehead atoms. The number of hydrogen-bond acceptors (Lipinski definition) is 2. The first-order valence-corrected chi connectivity index (χ1v) is 7.29. The predicted octanol–water partition coefficient (Wildman–Crippen LogP) is 2.94. The van der Waals surface area contributed by atoms with Crippen molar-refractivity contribution < 1.29 is 4.79 Å². The first-order chi connectivity index (χ1) is 9.27. The minimum Gasteiger partial charge on any atom is -0.337 e. The van der Waals surface area contributed by atoms with Crippen LogP contribution in [0, 0.1) is 0 Å². The Morgan fingerprint density at radius 2 is 1.89 bits per heavy atom. The van der Waals surface area contributed by atoms with Gasteiger partial charge in [0.25, 0.3) is 0 Å². The fourth-order valence-corrected chi connectivity index (χ4v) is 2.11. The molecular formula is C16H26N2O. The maximum atomic E-state index is 12.2. The van der Waals surface area contributed by atoms with Crippen molar-refractivity contribution in [1.29, 1.82) is 0 Å². The van der Waals surface area contributed by atoms with E-state index >= 15 is 0 Å². The second-order valence-electron chi connectivity index (χ2n) is 4.90. The monoisotopic (exact) mass is 262 g/mol. The minimum absolute atomic E-state index is 0.227. The van der Waals surface area contributed by atoms with Crippen molar-refractivity contribution in [2.45, 2.75) is 45.6 Å². The van der Waals surface area contributed by atoms with E-state index in [4.69, 9.17) is 5.73 Å². The third-order valence-electron chi connectivity index (χ3n) is 3.21. The minimum atomic E-state index is 0.227. The summed E-state index contributed by atoms with van der Waals surface area (Å²) in [5.74, 6) is 0.227. The van der Waals surface area contributed by atoms with E-state index in [0.717, 1.165) is 18.4 Å². The number of carbonyl (C=O) groups is 1. The first-order valence-electron chi connectivity index (χ1n) is 7.29. The fourth-order valence-electron chi connectivity index (χ4n) is 2.11. The summed E-state index contributed by atoms with van der Waals surface area (Å²) in [5, 5.41) is 0. The highest BCUT2D eigenvalue weighted by molar-refractivity contribution is 5.76. The average molecular weight is 262 g/mol. The molecule has 0 fully saturated rings. The van der Waals surface area contributed by atoms with Crippen LogP contribution in [-0.2, 0) is 11.3 Å². The summed E-state index contributed by atoms with van der Waals surface area (Å²) in [6, 6.07) is 10.1. The van der Waals surface area contributed by atoms with Crippen molar-refractivity contribution in [2.24, 2.45) is 5.73 Å². The van der Waals surface area contributed by atoms with Gasteiger partial charge in [-0.05, 0) is 12.0 Å². The lowest BCUT2D eigenvalue weighted by Crippen LogP contribution is -2.34. The van der Waals surface area contributed by atoms with E-state index in [1.165, 1.54) is 12.8 Å². The predicted molar refractivity (Wildman–Crippen MR) is 79.7 cm³/mol. The van der Waals surface area contributed by atoms with E-state index in [1.807, 2.05) is 35.2 Å². The summed E-state index contributed by atoms with van der Waals surface area (Å²) in [5.41, 5.74) is 6.77. The molecular weight excluding hydrogens is 236 g/mol. The van der Waals surface area contributed by atoms with Crippen molar-refractivity contribution in [2.75, 3.05) is 13.1 Å². The Balaban J connectivity index is 2.44. The molecule has 1 aromatic carbocycles. The van der Waals surface area contributed by atoms with E-state index in [9.17, 15) is 4.79 Å². The second kappa shape index (κ2) is 9.56. The Morgan fingerprint density at radius 1 is 1.16 bits per heavy atom. The lowest BCUT2D eigenvalue weighted by atomic mass is 10.1. The van der Waals surface area contributed by atoms with Gasteiger partial charge >= 0.3 is 0 Å². The summed E-state index contributed by atoms with van der Waals surface area (Å²) >= 11 is 0. The van der Waals surface area contributed by atoms with Crippen molar-refractivity contribution in [3.8, 4) is 0 Å². The molecule has 0 heterocycles. The zero-order valence-corrected chi connectivity index (χ0v) is 12.0. The van der Waals surface area contributed by atoms with Gasteiger partial charge in [-0.1, -0.05) is 56.5 Å². The van der Waals surface area contributed by atoms with E-state index in [-0.39, 0.29) is 5.91 Å². The highest BCUT2D eigenvalue weighted by Crippen LogP contribution is 2.09. The zero-order valence-electron chi connectivity index (χ0n) is 12.0. The SMILES string of the molecule is CCCCCCC(=O)N(CCN)Cc1ccccc1. The molecule has 0 saturated heterocycles. The van der Waals surface area contributed by atoms with Crippen LogP contribution < -0.4 is 5.73 Å². The van der Waals surface area contributed by atoms with Crippen LogP contribution in [0.25, 0.3) is 0 Å². The van der Waals surface area contributed by atoms with Crippen LogP contribution in [0.2, 0.25) is 0 Å². The zero-order chi connectivity index (χ0) is 13.9. The molecule has 0 aliphatic heterocycles. The van der Waals surface area contributed by atoms with Gasteiger partial charge in [0, 0.05) is 26.1 Å². The molecule has 0 spiro atoms. The molecule has 0 aliphatic carbocycles. The Labute approximate surface area is 116 Å². The third kappa shape index (κ3) is 6.39. The number of nitrogens with two attached hydrogens (primary N) is 1. The summed E-state index contributed by atoms with van der Waals surface area (Å²) in [4.78, 5) is 14.0. The maximum absolute atomic E-state index is 12.2. The fraction of sp³-hybridized carbons (Fsp3) is 0.562. The topological polar surface area (TPSA) is 46.3 Å². The van der Waals surface area contributed by atoms with Gasteiger partial charge in [-0.25, -0.2) is 0 Å². The molecule has 19 heavy (non-hydrogen) atoms. The molecule has 0 aliphatic rings. The van der Waals surface area contributed by atoms with Crippen molar-refractivity contribution in [3.05, 3.63) is 35.9 Å². The molecule has 0 radical (unpaired) electrons. The average Bonchev–Trinajstić information content (AvgIpc) is 2.44. The molecule has 1 rings (SSSR count). The van der Waals surface area contributed by atoms with Gasteiger partial charge in [-0.15, -0.1) is 0 Å². The van der Waals surface area contributed by atoms with E-state index in [2.05, 4.69) is 6.92 Å². The number of benzene rings is 1. The molecule has 1 aromatic rings. The van der Waals surface area contributed by atoms with Crippen LogP contribution in [0.1, 0.15) is 44.6 Å².